The first kappa shape index (κ1) is 10.6. The summed E-state index contributed by atoms with van der Waals surface area (Å²) in [6, 6.07) is 0. The highest BCUT2D eigenvalue weighted by Crippen LogP contribution is 2.40. The number of aromatic amines is 1. The van der Waals surface area contributed by atoms with E-state index in [9.17, 15) is 0 Å². The summed E-state index contributed by atoms with van der Waals surface area (Å²) in [5.41, 5.74) is 5.25. The van der Waals surface area contributed by atoms with Crippen LogP contribution in [0, 0.1) is 0 Å². The predicted octanol–water partition coefficient (Wildman–Crippen LogP) is 1.07. The molecule has 1 aromatic heterocycles. The van der Waals surface area contributed by atoms with E-state index in [4.69, 9.17) is 10.5 Å². The van der Waals surface area contributed by atoms with Crippen LogP contribution in [-0.4, -0.2) is 21.8 Å². The smallest absolute Gasteiger partial charge is 0.182 e. The van der Waals surface area contributed by atoms with Crippen molar-refractivity contribution in [1.82, 2.24) is 15.2 Å². The highest BCUT2D eigenvalue weighted by atomic mass is 16.5. The zero-order chi connectivity index (χ0) is 10.7. The molecule has 0 spiro atoms. The van der Waals surface area contributed by atoms with E-state index in [-0.39, 0.29) is 5.60 Å². The van der Waals surface area contributed by atoms with E-state index < -0.39 is 0 Å². The first-order valence-corrected chi connectivity index (χ1v) is 5.56. The molecule has 2 rings (SSSR count). The Balaban J connectivity index is 2.23. The van der Waals surface area contributed by atoms with Gasteiger partial charge in [0.25, 0.3) is 0 Å². The summed E-state index contributed by atoms with van der Waals surface area (Å²) >= 11 is 0. The molecule has 0 bridgehead atoms. The Morgan fingerprint density at radius 2 is 2.20 bits per heavy atom. The van der Waals surface area contributed by atoms with Crippen molar-refractivity contribution in [2.24, 2.45) is 5.73 Å². The Morgan fingerprint density at radius 1 is 1.47 bits per heavy atom. The van der Waals surface area contributed by atoms with Crippen LogP contribution in [-0.2, 0) is 16.9 Å². The second-order valence-corrected chi connectivity index (χ2v) is 3.94. The lowest BCUT2D eigenvalue weighted by molar-refractivity contribution is -0.0454. The fourth-order valence-electron chi connectivity index (χ4n) is 2.25. The number of H-pyrrole nitrogens is 1. The number of ether oxygens (including phenoxy) is 1. The summed E-state index contributed by atoms with van der Waals surface area (Å²) in [4.78, 5) is 4.38. The predicted molar refractivity (Wildman–Crippen MR) is 56.0 cm³/mol. The number of hydrogen-bond donors (Lipinski definition) is 2. The fraction of sp³-hybridized carbons (Fsp3) is 0.800. The molecule has 1 saturated carbocycles. The lowest BCUT2D eigenvalue weighted by Gasteiger charge is -2.25. The van der Waals surface area contributed by atoms with Gasteiger partial charge in [0.15, 0.2) is 5.82 Å². The summed E-state index contributed by atoms with van der Waals surface area (Å²) in [6.07, 6.45) is 4.41. The number of hydrogen-bond acceptors (Lipinski definition) is 4. The molecule has 3 N–H and O–H groups in total. The largest absolute Gasteiger partial charge is 0.367 e. The van der Waals surface area contributed by atoms with Gasteiger partial charge in [-0.15, -0.1) is 0 Å². The maximum atomic E-state index is 5.85. The van der Waals surface area contributed by atoms with Crippen molar-refractivity contribution in [2.75, 3.05) is 6.61 Å². The molecular formula is C10H18N4O. The molecule has 0 radical (unpaired) electrons. The van der Waals surface area contributed by atoms with Crippen molar-refractivity contribution in [2.45, 2.75) is 44.8 Å². The molecule has 0 saturated heterocycles. The van der Waals surface area contributed by atoms with Crippen LogP contribution in [0.5, 0.6) is 0 Å². The summed E-state index contributed by atoms with van der Waals surface area (Å²) < 4.78 is 5.85. The van der Waals surface area contributed by atoms with E-state index in [0.717, 1.165) is 24.5 Å². The van der Waals surface area contributed by atoms with Crippen LogP contribution in [0.1, 0.15) is 44.3 Å². The van der Waals surface area contributed by atoms with Crippen LogP contribution in [0.25, 0.3) is 0 Å². The van der Waals surface area contributed by atoms with E-state index in [0.29, 0.717) is 13.2 Å². The Bertz CT molecular complexity index is 317. The standard InChI is InChI=1S/C10H18N4O/c1-2-15-10(5-3-4-6-10)9-12-8(7-11)13-14-9/h2-7,11H2,1H3,(H,12,13,14). The van der Waals surface area contributed by atoms with E-state index in [1.165, 1.54) is 12.8 Å². The van der Waals surface area contributed by atoms with E-state index in [2.05, 4.69) is 15.2 Å². The minimum absolute atomic E-state index is 0.251. The second kappa shape index (κ2) is 4.28. The van der Waals surface area contributed by atoms with Crippen molar-refractivity contribution < 1.29 is 4.74 Å². The first-order valence-electron chi connectivity index (χ1n) is 5.56. The van der Waals surface area contributed by atoms with Gasteiger partial charge in [-0.2, -0.15) is 5.10 Å². The lowest BCUT2D eigenvalue weighted by Crippen LogP contribution is -2.27. The van der Waals surface area contributed by atoms with Gasteiger partial charge in [0, 0.05) is 6.61 Å². The molecule has 0 atom stereocenters. The van der Waals surface area contributed by atoms with Gasteiger partial charge in [0.2, 0.25) is 0 Å². The molecule has 5 nitrogen and oxygen atoms in total. The normalized spacial score (nSPS) is 19.6. The van der Waals surface area contributed by atoms with Gasteiger partial charge in [0.05, 0.1) is 6.54 Å². The van der Waals surface area contributed by atoms with E-state index >= 15 is 0 Å². The minimum atomic E-state index is -0.251. The van der Waals surface area contributed by atoms with Crippen LogP contribution >= 0.6 is 0 Å². The number of nitrogens with one attached hydrogen (secondary N) is 1. The van der Waals surface area contributed by atoms with E-state index in [1.54, 1.807) is 0 Å². The highest BCUT2D eigenvalue weighted by Gasteiger charge is 2.39. The Morgan fingerprint density at radius 3 is 2.73 bits per heavy atom. The van der Waals surface area contributed by atoms with Crippen molar-refractivity contribution in [3.8, 4) is 0 Å². The quantitative estimate of drug-likeness (QED) is 0.779. The minimum Gasteiger partial charge on any atom is -0.367 e. The molecule has 5 heteroatoms. The van der Waals surface area contributed by atoms with Gasteiger partial charge in [-0.05, 0) is 32.6 Å². The highest BCUT2D eigenvalue weighted by molar-refractivity contribution is 5.05. The van der Waals surface area contributed by atoms with Crippen LogP contribution in [0.4, 0.5) is 0 Å². The van der Waals surface area contributed by atoms with Gasteiger partial charge in [-0.3, -0.25) is 5.10 Å². The molecule has 0 unspecified atom stereocenters. The van der Waals surface area contributed by atoms with Crippen LogP contribution < -0.4 is 5.73 Å². The fourth-order valence-corrected chi connectivity index (χ4v) is 2.25. The topological polar surface area (TPSA) is 76.8 Å². The van der Waals surface area contributed by atoms with Crippen LogP contribution in [0.2, 0.25) is 0 Å². The third-order valence-electron chi connectivity index (χ3n) is 2.96. The van der Waals surface area contributed by atoms with Gasteiger partial charge < -0.3 is 10.5 Å². The average Bonchev–Trinajstić information content (AvgIpc) is 2.85. The number of aromatic nitrogens is 3. The molecule has 0 aromatic carbocycles. The summed E-state index contributed by atoms with van der Waals surface area (Å²) in [6.45, 7) is 3.11. The van der Waals surface area contributed by atoms with Gasteiger partial charge >= 0.3 is 0 Å². The van der Waals surface area contributed by atoms with Crippen molar-refractivity contribution >= 4 is 0 Å². The average molecular weight is 210 g/mol. The first-order chi connectivity index (χ1) is 7.30. The summed E-state index contributed by atoms with van der Waals surface area (Å²) in [7, 11) is 0. The van der Waals surface area contributed by atoms with Crippen molar-refractivity contribution in [1.29, 1.82) is 0 Å². The Kier molecular flexibility index (Phi) is 3.02. The Hall–Kier alpha value is -0.940. The summed E-state index contributed by atoms with van der Waals surface area (Å²) in [5.74, 6) is 1.51. The zero-order valence-electron chi connectivity index (χ0n) is 9.12. The zero-order valence-corrected chi connectivity index (χ0v) is 9.12. The molecule has 84 valence electrons. The van der Waals surface area contributed by atoms with Gasteiger partial charge in [-0.1, -0.05) is 0 Å². The number of nitrogens with two attached hydrogens (primary N) is 1. The molecule has 0 amide bonds. The Labute approximate surface area is 89.4 Å². The van der Waals surface area contributed by atoms with Gasteiger partial charge in [-0.25, -0.2) is 4.98 Å². The molecule has 1 aromatic rings. The molecule has 1 fully saturated rings. The third kappa shape index (κ3) is 1.89. The van der Waals surface area contributed by atoms with E-state index in [1.807, 2.05) is 6.92 Å². The number of nitrogens with zero attached hydrogens (tertiary/aromatic N) is 2. The molecule has 1 aliphatic rings. The lowest BCUT2D eigenvalue weighted by atomic mass is 10.0. The molecule has 0 aliphatic heterocycles. The molecule has 1 aliphatic carbocycles. The van der Waals surface area contributed by atoms with Crippen LogP contribution in [0.15, 0.2) is 0 Å². The molecular weight excluding hydrogens is 192 g/mol. The van der Waals surface area contributed by atoms with Crippen LogP contribution in [0.3, 0.4) is 0 Å². The SMILES string of the molecule is CCOC1(c2n[nH]c(CN)n2)CCCC1. The van der Waals surface area contributed by atoms with Crippen molar-refractivity contribution in [3.05, 3.63) is 11.6 Å². The molecule has 1 heterocycles. The van der Waals surface area contributed by atoms with Crippen molar-refractivity contribution in [3.63, 3.8) is 0 Å². The summed E-state index contributed by atoms with van der Waals surface area (Å²) in [5, 5.41) is 7.07. The maximum Gasteiger partial charge on any atom is 0.182 e. The third-order valence-corrected chi connectivity index (χ3v) is 2.96. The molecule has 15 heavy (non-hydrogen) atoms. The monoisotopic (exact) mass is 210 g/mol. The second-order valence-electron chi connectivity index (χ2n) is 3.94. The van der Waals surface area contributed by atoms with Gasteiger partial charge in [0.1, 0.15) is 11.4 Å². The maximum absolute atomic E-state index is 5.85. The number of rotatable bonds is 4.